The molecule has 3 aromatic rings. The quantitative estimate of drug-likeness (QED) is 0.493. The van der Waals surface area contributed by atoms with Gasteiger partial charge in [-0.15, -0.1) is 0 Å². The number of anilines is 1. The van der Waals surface area contributed by atoms with Crippen LogP contribution in [0.5, 0.6) is 0 Å². The van der Waals surface area contributed by atoms with Gasteiger partial charge in [-0.05, 0) is 54.4 Å². The van der Waals surface area contributed by atoms with Crippen LogP contribution >= 0.6 is 23.4 Å². The van der Waals surface area contributed by atoms with E-state index in [-0.39, 0.29) is 5.57 Å². The SMILES string of the molecule is Cc1c(Cl)cccc1N1C(=O)C(Sc2ccccc2)=C(c2ccc(F)cc2)C1=O. The molecule has 0 N–H and O–H groups in total. The average molecular weight is 424 g/mol. The number of hydrogen-bond acceptors (Lipinski definition) is 3. The maximum absolute atomic E-state index is 13.4. The van der Waals surface area contributed by atoms with Crippen molar-refractivity contribution in [2.45, 2.75) is 11.8 Å². The van der Waals surface area contributed by atoms with Gasteiger partial charge >= 0.3 is 0 Å². The lowest BCUT2D eigenvalue weighted by Crippen LogP contribution is -2.32. The molecule has 0 saturated heterocycles. The summed E-state index contributed by atoms with van der Waals surface area (Å²) in [6.45, 7) is 1.76. The molecule has 2 amide bonds. The lowest BCUT2D eigenvalue weighted by atomic mass is 10.1. The van der Waals surface area contributed by atoms with E-state index in [0.29, 0.717) is 26.7 Å². The van der Waals surface area contributed by atoms with Gasteiger partial charge in [-0.1, -0.05) is 59.8 Å². The van der Waals surface area contributed by atoms with Crippen LogP contribution in [0.15, 0.2) is 82.6 Å². The molecule has 4 rings (SSSR count). The Kier molecular flexibility index (Phi) is 5.26. The second kappa shape index (κ2) is 7.85. The molecule has 0 unspecified atom stereocenters. The molecule has 0 bridgehead atoms. The molecule has 0 atom stereocenters. The molecule has 0 aliphatic carbocycles. The van der Waals surface area contributed by atoms with Crippen LogP contribution in [-0.2, 0) is 9.59 Å². The van der Waals surface area contributed by atoms with Crippen LogP contribution < -0.4 is 4.90 Å². The van der Waals surface area contributed by atoms with Crippen molar-refractivity contribution in [3.63, 3.8) is 0 Å². The first-order chi connectivity index (χ1) is 14.0. The van der Waals surface area contributed by atoms with E-state index in [9.17, 15) is 14.0 Å². The number of amides is 2. The van der Waals surface area contributed by atoms with Crippen molar-refractivity contribution in [1.82, 2.24) is 0 Å². The number of hydrogen-bond donors (Lipinski definition) is 0. The van der Waals surface area contributed by atoms with Crippen LogP contribution in [0.25, 0.3) is 5.57 Å². The molecule has 1 heterocycles. The van der Waals surface area contributed by atoms with E-state index in [2.05, 4.69) is 0 Å². The fourth-order valence-corrected chi connectivity index (χ4v) is 4.32. The van der Waals surface area contributed by atoms with Gasteiger partial charge in [0, 0.05) is 9.92 Å². The predicted molar refractivity (Wildman–Crippen MR) is 114 cm³/mol. The number of carbonyl (C=O) groups is 2. The van der Waals surface area contributed by atoms with Gasteiger partial charge in [0.2, 0.25) is 0 Å². The minimum absolute atomic E-state index is 0.253. The average Bonchev–Trinajstić information content (AvgIpc) is 2.96. The zero-order valence-corrected chi connectivity index (χ0v) is 16.9. The van der Waals surface area contributed by atoms with Crippen LogP contribution in [0.1, 0.15) is 11.1 Å². The van der Waals surface area contributed by atoms with Crippen molar-refractivity contribution >= 4 is 46.4 Å². The number of halogens is 2. The summed E-state index contributed by atoms with van der Waals surface area (Å²) >= 11 is 7.43. The zero-order chi connectivity index (χ0) is 20.5. The summed E-state index contributed by atoms with van der Waals surface area (Å²) in [5.41, 5.74) is 1.82. The van der Waals surface area contributed by atoms with Crippen molar-refractivity contribution in [1.29, 1.82) is 0 Å². The van der Waals surface area contributed by atoms with Crippen molar-refractivity contribution < 1.29 is 14.0 Å². The molecule has 144 valence electrons. The van der Waals surface area contributed by atoms with E-state index in [1.54, 1.807) is 25.1 Å². The van der Waals surface area contributed by atoms with Crippen molar-refractivity contribution in [2.24, 2.45) is 0 Å². The normalized spacial score (nSPS) is 14.1. The molecule has 3 aromatic carbocycles. The summed E-state index contributed by atoms with van der Waals surface area (Å²) in [6.07, 6.45) is 0. The number of rotatable bonds is 4. The number of thioether (sulfide) groups is 1. The summed E-state index contributed by atoms with van der Waals surface area (Å²) < 4.78 is 13.4. The van der Waals surface area contributed by atoms with Gasteiger partial charge in [-0.25, -0.2) is 9.29 Å². The Morgan fingerprint density at radius 1 is 0.862 bits per heavy atom. The predicted octanol–water partition coefficient (Wildman–Crippen LogP) is 5.86. The number of benzene rings is 3. The van der Waals surface area contributed by atoms with E-state index in [1.807, 2.05) is 30.3 Å². The third-order valence-electron chi connectivity index (χ3n) is 4.62. The van der Waals surface area contributed by atoms with Gasteiger partial charge in [0.05, 0.1) is 16.2 Å². The molecular weight excluding hydrogens is 409 g/mol. The van der Waals surface area contributed by atoms with Crippen molar-refractivity contribution in [3.05, 3.63) is 99.7 Å². The second-order valence-electron chi connectivity index (χ2n) is 6.46. The second-order valence-corrected chi connectivity index (χ2v) is 7.95. The number of nitrogens with zero attached hydrogens (tertiary/aromatic N) is 1. The lowest BCUT2D eigenvalue weighted by Gasteiger charge is -2.18. The first-order valence-corrected chi connectivity index (χ1v) is 10.0. The molecule has 0 saturated carbocycles. The fourth-order valence-electron chi connectivity index (χ4n) is 3.14. The smallest absolute Gasteiger partial charge is 0.268 e. The standard InChI is InChI=1S/C23H15ClFNO2S/c1-14-18(24)8-5-9-19(14)26-22(27)20(15-10-12-16(25)13-11-15)21(23(26)28)29-17-6-3-2-4-7-17/h2-13H,1H3. The summed E-state index contributed by atoms with van der Waals surface area (Å²) in [7, 11) is 0. The highest BCUT2D eigenvalue weighted by atomic mass is 35.5. The Morgan fingerprint density at radius 3 is 2.24 bits per heavy atom. The molecule has 1 aliphatic rings. The number of carbonyl (C=O) groups excluding carboxylic acids is 2. The van der Waals surface area contributed by atoms with Gasteiger partial charge in [0.15, 0.2) is 0 Å². The summed E-state index contributed by atoms with van der Waals surface area (Å²) in [5, 5.41) is 0.468. The molecule has 0 spiro atoms. The lowest BCUT2D eigenvalue weighted by molar-refractivity contribution is -0.119. The molecular formula is C23H15ClFNO2S. The summed E-state index contributed by atoms with van der Waals surface area (Å²) in [5.74, 6) is -1.29. The minimum Gasteiger partial charge on any atom is -0.268 e. The van der Waals surface area contributed by atoms with E-state index in [0.717, 1.165) is 9.80 Å². The molecule has 0 aromatic heterocycles. The van der Waals surface area contributed by atoms with Crippen LogP contribution in [0.3, 0.4) is 0 Å². The molecule has 6 heteroatoms. The first-order valence-electron chi connectivity index (χ1n) is 8.84. The molecule has 0 fully saturated rings. The van der Waals surface area contributed by atoms with Crippen LogP contribution in [0, 0.1) is 12.7 Å². The van der Waals surface area contributed by atoms with Gasteiger partial charge in [0.25, 0.3) is 11.8 Å². The van der Waals surface area contributed by atoms with Gasteiger partial charge in [-0.2, -0.15) is 0 Å². The van der Waals surface area contributed by atoms with Crippen molar-refractivity contribution in [2.75, 3.05) is 4.90 Å². The highest BCUT2D eigenvalue weighted by Crippen LogP contribution is 2.42. The van der Waals surface area contributed by atoms with Gasteiger partial charge in [0.1, 0.15) is 5.82 Å². The Bertz CT molecular complexity index is 1140. The fraction of sp³-hybridized carbons (Fsp3) is 0.0435. The van der Waals surface area contributed by atoms with Crippen LogP contribution in [-0.4, -0.2) is 11.8 Å². The Hall–Kier alpha value is -2.89. The summed E-state index contributed by atoms with van der Waals surface area (Å²) in [6, 6.07) is 20.0. The molecule has 29 heavy (non-hydrogen) atoms. The monoisotopic (exact) mass is 423 g/mol. The Labute approximate surface area is 176 Å². The highest BCUT2D eigenvalue weighted by Gasteiger charge is 2.41. The zero-order valence-electron chi connectivity index (χ0n) is 15.4. The third kappa shape index (κ3) is 3.59. The maximum Gasteiger partial charge on any atom is 0.272 e. The van der Waals surface area contributed by atoms with Crippen LogP contribution in [0.4, 0.5) is 10.1 Å². The highest BCUT2D eigenvalue weighted by molar-refractivity contribution is 8.04. The largest absolute Gasteiger partial charge is 0.272 e. The van der Waals surface area contributed by atoms with E-state index < -0.39 is 17.6 Å². The maximum atomic E-state index is 13.4. The Morgan fingerprint density at radius 2 is 1.55 bits per heavy atom. The summed E-state index contributed by atoms with van der Waals surface area (Å²) in [4.78, 5) is 29.0. The van der Waals surface area contributed by atoms with Gasteiger partial charge < -0.3 is 0 Å². The van der Waals surface area contributed by atoms with E-state index >= 15 is 0 Å². The third-order valence-corrected chi connectivity index (χ3v) is 6.12. The van der Waals surface area contributed by atoms with Gasteiger partial charge in [-0.3, -0.25) is 9.59 Å². The number of imide groups is 1. The van der Waals surface area contributed by atoms with Crippen molar-refractivity contribution in [3.8, 4) is 0 Å². The minimum atomic E-state index is -0.453. The molecule has 3 nitrogen and oxygen atoms in total. The topological polar surface area (TPSA) is 37.4 Å². The van der Waals surface area contributed by atoms with E-state index in [1.165, 1.54) is 36.0 Å². The molecule has 1 aliphatic heterocycles. The van der Waals surface area contributed by atoms with E-state index in [4.69, 9.17) is 11.6 Å². The van der Waals surface area contributed by atoms with Crippen LogP contribution in [0.2, 0.25) is 5.02 Å². The first kappa shape index (κ1) is 19.4. The Balaban J connectivity index is 1.85. The molecule has 0 radical (unpaired) electrons.